The first-order chi connectivity index (χ1) is 19.7. The van der Waals surface area contributed by atoms with Crippen LogP contribution in [-0.4, -0.2) is 55.3 Å². The number of nitrogens with one attached hydrogen (secondary N) is 1. The van der Waals surface area contributed by atoms with E-state index in [1.165, 1.54) is 5.56 Å². The Morgan fingerprint density at radius 3 is 2.17 bits per heavy atom. The Hall–Kier alpha value is -3.23. The molecule has 5 rings (SSSR count). The minimum atomic E-state index is -2.11. The number of hydrogen-bond donors (Lipinski definition) is 1. The number of carbonyl (C=O) groups is 1. The first kappa shape index (κ1) is 29.3. The summed E-state index contributed by atoms with van der Waals surface area (Å²) in [4.78, 5) is 27.8. The minimum absolute atomic E-state index is 0.0999. The van der Waals surface area contributed by atoms with Crippen LogP contribution in [0.2, 0.25) is 16.6 Å². The Labute approximate surface area is 246 Å². The fourth-order valence-electron chi connectivity index (χ4n) is 7.44. The summed E-state index contributed by atoms with van der Waals surface area (Å²) in [6.45, 7) is 15.7. The molecule has 3 atom stereocenters. The molecule has 1 unspecified atom stereocenters. The highest BCUT2D eigenvalue weighted by atomic mass is 28.4. The van der Waals surface area contributed by atoms with E-state index in [1.54, 1.807) is 6.33 Å². The van der Waals surface area contributed by atoms with Gasteiger partial charge in [0, 0.05) is 20.1 Å². The van der Waals surface area contributed by atoms with Gasteiger partial charge in [-0.05, 0) is 27.8 Å². The third-order valence-electron chi connectivity index (χ3n) is 9.21. The minimum Gasteiger partial charge on any atom is -0.414 e. The lowest BCUT2D eigenvalue weighted by Crippen LogP contribution is -2.61. The molecule has 3 heterocycles. The SMILES string of the molecule is CC(C)[Si](OC[C@@H]1CNc2ncnc(N(C)Cc3ccccc3)c2[C@H]2C(c3ccccc3)C(=O)N12)(C(C)C)C(C)C. The molecule has 8 heteroatoms. The van der Waals surface area contributed by atoms with Gasteiger partial charge in [-0.3, -0.25) is 4.79 Å². The second kappa shape index (κ2) is 11.9. The van der Waals surface area contributed by atoms with Crippen LogP contribution in [0, 0.1) is 0 Å². The first-order valence-electron chi connectivity index (χ1n) is 15.0. The summed E-state index contributed by atoms with van der Waals surface area (Å²) in [5, 5.41) is 3.62. The predicted octanol–water partition coefficient (Wildman–Crippen LogP) is 6.77. The first-order valence-corrected chi connectivity index (χ1v) is 17.2. The number of rotatable bonds is 10. The van der Waals surface area contributed by atoms with Crippen molar-refractivity contribution in [3.05, 3.63) is 83.7 Å². The summed E-state index contributed by atoms with van der Waals surface area (Å²) in [5.41, 5.74) is 4.64. The Morgan fingerprint density at radius 2 is 1.56 bits per heavy atom. The Morgan fingerprint density at radius 1 is 0.951 bits per heavy atom. The lowest BCUT2D eigenvalue weighted by molar-refractivity contribution is -0.155. The van der Waals surface area contributed by atoms with Crippen LogP contribution >= 0.6 is 0 Å². The molecule has 1 saturated heterocycles. The number of nitrogens with zero attached hydrogens (tertiary/aromatic N) is 4. The number of hydrogen-bond acceptors (Lipinski definition) is 6. The van der Waals surface area contributed by atoms with Gasteiger partial charge in [-0.25, -0.2) is 9.97 Å². The maximum absolute atomic E-state index is 14.1. The van der Waals surface area contributed by atoms with Gasteiger partial charge in [0.25, 0.3) is 0 Å². The van der Waals surface area contributed by atoms with Crippen molar-refractivity contribution in [2.75, 3.05) is 30.4 Å². The molecule has 218 valence electrons. The highest BCUT2D eigenvalue weighted by Gasteiger charge is 2.55. The van der Waals surface area contributed by atoms with E-state index in [-0.39, 0.29) is 23.9 Å². The molecule has 0 spiro atoms. The molecule has 2 aromatic carbocycles. The monoisotopic (exact) mass is 571 g/mol. The summed E-state index contributed by atoms with van der Waals surface area (Å²) in [5.74, 6) is 1.53. The number of amides is 1. The molecule has 0 saturated carbocycles. The van der Waals surface area contributed by atoms with Crippen molar-refractivity contribution in [2.24, 2.45) is 0 Å². The van der Waals surface area contributed by atoms with Crippen molar-refractivity contribution < 1.29 is 9.22 Å². The smallest absolute Gasteiger partial charge is 0.233 e. The molecule has 1 aromatic heterocycles. The lowest BCUT2D eigenvalue weighted by atomic mass is 9.77. The van der Waals surface area contributed by atoms with Gasteiger partial charge in [0.05, 0.1) is 30.2 Å². The van der Waals surface area contributed by atoms with Gasteiger partial charge in [-0.2, -0.15) is 0 Å². The maximum Gasteiger partial charge on any atom is 0.233 e. The van der Waals surface area contributed by atoms with Gasteiger partial charge in [0.15, 0.2) is 8.32 Å². The van der Waals surface area contributed by atoms with Crippen molar-refractivity contribution >= 4 is 25.9 Å². The number of aromatic nitrogens is 2. The van der Waals surface area contributed by atoms with E-state index < -0.39 is 8.32 Å². The number of fused-ring (bicyclic) bond motifs is 3. The average molecular weight is 572 g/mol. The number of anilines is 2. The lowest BCUT2D eigenvalue weighted by Gasteiger charge is -2.51. The summed E-state index contributed by atoms with van der Waals surface area (Å²) in [7, 11) is -0.0455. The summed E-state index contributed by atoms with van der Waals surface area (Å²) in [6, 6.07) is 20.3. The fourth-order valence-corrected chi connectivity index (χ4v) is 12.9. The summed E-state index contributed by atoms with van der Waals surface area (Å²) >= 11 is 0. The zero-order chi connectivity index (χ0) is 29.3. The van der Waals surface area contributed by atoms with E-state index in [0.717, 1.165) is 22.8 Å². The van der Waals surface area contributed by atoms with Gasteiger partial charge in [0.1, 0.15) is 18.0 Å². The highest BCUT2D eigenvalue weighted by molar-refractivity contribution is 6.77. The van der Waals surface area contributed by atoms with Crippen molar-refractivity contribution in [2.45, 2.75) is 82.7 Å². The standard InChI is InChI=1S/C33H45N5O2Si/c1-22(2)41(23(3)4,24(5)6)40-20-27-18-34-31-29(30-28(33(39)38(27)30)26-16-12-9-13-17-26)32(36-21-35-31)37(7)19-25-14-10-8-11-15-25/h8-17,21-24,27-28,30H,18-20H2,1-7H3,(H,34,35,36)/t27-,28?,30+/m0/s1. The van der Waals surface area contributed by atoms with Gasteiger partial charge in [-0.15, -0.1) is 0 Å². The second-order valence-corrected chi connectivity index (χ2v) is 18.0. The molecule has 0 aliphatic carbocycles. The topological polar surface area (TPSA) is 70.6 Å². The average Bonchev–Trinajstić information content (AvgIpc) is 3.08. The molecule has 0 radical (unpaired) electrons. The zero-order valence-electron chi connectivity index (χ0n) is 25.5. The molecular formula is C33H45N5O2Si. The third kappa shape index (κ3) is 5.28. The predicted molar refractivity (Wildman–Crippen MR) is 169 cm³/mol. The fraction of sp³-hybridized carbons (Fsp3) is 0.485. The third-order valence-corrected chi connectivity index (χ3v) is 15.3. The van der Waals surface area contributed by atoms with Crippen LogP contribution in [0.3, 0.4) is 0 Å². The van der Waals surface area contributed by atoms with E-state index in [1.807, 2.05) is 24.3 Å². The second-order valence-electron chi connectivity index (χ2n) is 12.5. The van der Waals surface area contributed by atoms with Crippen LogP contribution in [0.25, 0.3) is 0 Å². The molecule has 1 N–H and O–H groups in total. The molecule has 7 nitrogen and oxygen atoms in total. The van der Waals surface area contributed by atoms with Gasteiger partial charge >= 0.3 is 0 Å². The molecule has 1 amide bonds. The van der Waals surface area contributed by atoms with E-state index in [4.69, 9.17) is 14.4 Å². The maximum atomic E-state index is 14.1. The van der Waals surface area contributed by atoms with Crippen LogP contribution in [0.15, 0.2) is 67.0 Å². The molecule has 0 bridgehead atoms. The highest BCUT2D eigenvalue weighted by Crippen LogP contribution is 2.53. The van der Waals surface area contributed by atoms with Crippen LogP contribution < -0.4 is 10.2 Å². The largest absolute Gasteiger partial charge is 0.414 e. The van der Waals surface area contributed by atoms with Crippen molar-refractivity contribution in [1.29, 1.82) is 0 Å². The van der Waals surface area contributed by atoms with Crippen LogP contribution in [-0.2, 0) is 15.8 Å². The van der Waals surface area contributed by atoms with Crippen molar-refractivity contribution in [3.8, 4) is 0 Å². The molecule has 3 aromatic rings. The molecule has 2 aliphatic heterocycles. The quantitative estimate of drug-likeness (QED) is 0.214. The van der Waals surface area contributed by atoms with E-state index >= 15 is 0 Å². The number of benzene rings is 2. The zero-order valence-corrected chi connectivity index (χ0v) is 26.5. The van der Waals surface area contributed by atoms with Crippen LogP contribution in [0.1, 0.15) is 70.2 Å². The Bertz CT molecular complexity index is 1310. The van der Waals surface area contributed by atoms with Gasteiger partial charge in [0.2, 0.25) is 5.91 Å². The van der Waals surface area contributed by atoms with E-state index in [0.29, 0.717) is 36.3 Å². The van der Waals surface area contributed by atoms with Crippen molar-refractivity contribution in [1.82, 2.24) is 14.9 Å². The van der Waals surface area contributed by atoms with Crippen LogP contribution in [0.5, 0.6) is 0 Å². The normalized spacial score (nSPS) is 20.4. The van der Waals surface area contributed by atoms with Gasteiger partial charge in [-0.1, -0.05) is 102 Å². The van der Waals surface area contributed by atoms with Crippen molar-refractivity contribution in [3.63, 3.8) is 0 Å². The molecule has 1 fully saturated rings. The summed E-state index contributed by atoms with van der Waals surface area (Å²) in [6.07, 6.45) is 1.63. The Kier molecular flexibility index (Phi) is 8.52. The van der Waals surface area contributed by atoms with E-state index in [2.05, 4.69) is 100 Å². The molecular weight excluding hydrogens is 526 g/mol. The van der Waals surface area contributed by atoms with E-state index in [9.17, 15) is 4.79 Å². The van der Waals surface area contributed by atoms with Crippen LogP contribution in [0.4, 0.5) is 11.6 Å². The molecule has 2 aliphatic rings. The van der Waals surface area contributed by atoms with Gasteiger partial charge < -0.3 is 19.5 Å². The summed E-state index contributed by atoms with van der Waals surface area (Å²) < 4.78 is 7.07. The number of β-lactam (4-membered cyclic amide) rings is 1. The molecule has 41 heavy (non-hydrogen) atoms. The number of carbonyl (C=O) groups excluding carboxylic acids is 1. The Balaban J connectivity index is 1.53.